The van der Waals surface area contributed by atoms with E-state index >= 15 is 0 Å². The lowest BCUT2D eigenvalue weighted by atomic mass is 10.1. The lowest BCUT2D eigenvalue weighted by Gasteiger charge is -2.27. The lowest BCUT2D eigenvalue weighted by molar-refractivity contribution is -0.222. The van der Waals surface area contributed by atoms with Gasteiger partial charge >= 0.3 is 12.1 Å². The van der Waals surface area contributed by atoms with Gasteiger partial charge in [0.1, 0.15) is 0 Å². The van der Waals surface area contributed by atoms with Crippen LogP contribution >= 0.6 is 24.0 Å². The number of thioether (sulfide) groups is 1. The number of esters is 1. The fourth-order valence-corrected chi connectivity index (χ4v) is 3.45. The Morgan fingerprint density at radius 2 is 1.62 bits per heavy atom. The van der Waals surface area contributed by atoms with Gasteiger partial charge in [-0.15, -0.1) is 0 Å². The van der Waals surface area contributed by atoms with Crippen molar-refractivity contribution in [1.29, 1.82) is 0 Å². The van der Waals surface area contributed by atoms with E-state index in [1.807, 2.05) is 0 Å². The van der Waals surface area contributed by atoms with Crippen molar-refractivity contribution < 1.29 is 36.9 Å². The minimum Gasteiger partial charge on any atom is -0.479 e. The van der Waals surface area contributed by atoms with Gasteiger partial charge in [0, 0.05) is 38.2 Å². The maximum atomic E-state index is 13.1. The van der Waals surface area contributed by atoms with Crippen LogP contribution in [0.3, 0.4) is 0 Å². The maximum Gasteiger partial charge on any atom is 0.425 e. The number of thiocarbonyl (C=S) groups is 1. The van der Waals surface area contributed by atoms with Gasteiger partial charge in [0.15, 0.2) is 12.4 Å². The summed E-state index contributed by atoms with van der Waals surface area (Å²) in [5, 5.41) is -0.659. The van der Waals surface area contributed by atoms with Crippen LogP contribution in [-0.2, 0) is 23.7 Å². The van der Waals surface area contributed by atoms with Gasteiger partial charge in [-0.25, -0.2) is 0 Å². The molecular weight excluding hydrogens is 393 g/mol. The van der Waals surface area contributed by atoms with Gasteiger partial charge in [0.05, 0.1) is 6.61 Å². The van der Waals surface area contributed by atoms with Gasteiger partial charge in [0.2, 0.25) is 4.38 Å². The summed E-state index contributed by atoms with van der Waals surface area (Å²) in [5.41, 5.74) is 0. The van der Waals surface area contributed by atoms with E-state index in [2.05, 4.69) is 4.74 Å². The molecule has 0 aromatic rings. The largest absolute Gasteiger partial charge is 0.479 e. The fraction of sp³-hybridized carbons (Fsp3) is 0.875. The molecule has 0 amide bonds. The second kappa shape index (κ2) is 14.5. The summed E-state index contributed by atoms with van der Waals surface area (Å²) in [7, 11) is 0. The number of alkyl halides is 3. The van der Waals surface area contributed by atoms with Crippen molar-refractivity contribution in [2.75, 3.05) is 19.8 Å². The van der Waals surface area contributed by atoms with E-state index < -0.39 is 36.2 Å². The number of hydrogen-bond donors (Lipinski definition) is 0. The SMILES string of the molecule is C.CCOC(=S)SC(CC(OCC)OCC)CC(OC(C)=O)C(F)(F)F. The number of rotatable bonds is 11. The molecule has 0 bridgehead atoms. The molecule has 2 atom stereocenters. The average molecular weight is 423 g/mol. The first kappa shape index (κ1) is 27.6. The van der Waals surface area contributed by atoms with Crippen LogP contribution in [0.15, 0.2) is 0 Å². The zero-order chi connectivity index (χ0) is 19.5. The smallest absolute Gasteiger partial charge is 0.425 e. The van der Waals surface area contributed by atoms with Crippen molar-refractivity contribution in [2.24, 2.45) is 0 Å². The van der Waals surface area contributed by atoms with Crippen LogP contribution in [0.25, 0.3) is 0 Å². The van der Waals surface area contributed by atoms with Crippen LogP contribution in [0.5, 0.6) is 0 Å². The summed E-state index contributed by atoms with van der Waals surface area (Å²) in [6.07, 6.45) is -7.91. The summed E-state index contributed by atoms with van der Waals surface area (Å²) < 4.78 is 59.9. The van der Waals surface area contributed by atoms with Crippen molar-refractivity contribution in [2.45, 2.75) is 71.8 Å². The van der Waals surface area contributed by atoms with E-state index in [1.54, 1.807) is 20.8 Å². The number of carbonyl (C=O) groups excluding carboxylic acids is 1. The number of hydrogen-bond acceptors (Lipinski definition) is 7. The highest BCUT2D eigenvalue weighted by Gasteiger charge is 2.44. The third-order valence-electron chi connectivity index (χ3n) is 2.84. The normalized spacial score (nSPS) is 13.7. The Labute approximate surface area is 163 Å². The van der Waals surface area contributed by atoms with Crippen molar-refractivity contribution in [3.8, 4) is 0 Å². The molecule has 26 heavy (non-hydrogen) atoms. The third-order valence-corrected chi connectivity index (χ3v) is 4.27. The summed E-state index contributed by atoms with van der Waals surface area (Å²) in [4.78, 5) is 11.0. The zero-order valence-corrected chi connectivity index (χ0v) is 16.4. The second-order valence-electron chi connectivity index (χ2n) is 4.87. The van der Waals surface area contributed by atoms with Crippen molar-refractivity contribution in [1.82, 2.24) is 0 Å². The minimum atomic E-state index is -4.68. The highest BCUT2D eigenvalue weighted by atomic mass is 32.2. The maximum absolute atomic E-state index is 13.1. The van der Waals surface area contributed by atoms with Crippen LogP contribution in [0.2, 0.25) is 0 Å². The van der Waals surface area contributed by atoms with Gasteiger partial charge in [0.25, 0.3) is 0 Å². The third kappa shape index (κ3) is 12.7. The molecule has 0 radical (unpaired) electrons. The van der Waals surface area contributed by atoms with Crippen LogP contribution in [-0.4, -0.2) is 54.0 Å². The molecule has 0 rings (SSSR count). The van der Waals surface area contributed by atoms with Gasteiger partial charge in [-0.2, -0.15) is 13.2 Å². The molecule has 0 aliphatic carbocycles. The Morgan fingerprint density at radius 1 is 1.08 bits per heavy atom. The van der Waals surface area contributed by atoms with E-state index in [9.17, 15) is 18.0 Å². The molecule has 0 saturated carbocycles. The number of halogens is 3. The quantitative estimate of drug-likeness (QED) is 0.271. The molecule has 2 unspecified atom stereocenters. The standard InChI is InChI=1S/C15H25F3O5S2.CH4/c1-5-20-13(21-6-2)9-11(25-14(24)22-7-3)8-12(15(16,17)18)23-10(4)19;/h11-13H,5-9H2,1-4H3;1H4. The predicted octanol–water partition coefficient (Wildman–Crippen LogP) is 4.72. The molecule has 0 spiro atoms. The highest BCUT2D eigenvalue weighted by molar-refractivity contribution is 8.23. The van der Waals surface area contributed by atoms with Crippen molar-refractivity contribution >= 4 is 34.3 Å². The van der Waals surface area contributed by atoms with Crippen LogP contribution < -0.4 is 0 Å². The lowest BCUT2D eigenvalue weighted by Crippen LogP contribution is -2.37. The number of ether oxygens (including phenoxy) is 4. The molecular formula is C16H29F3O5S2. The molecule has 0 aliphatic heterocycles. The van der Waals surface area contributed by atoms with Gasteiger partial charge in [-0.3, -0.25) is 4.79 Å². The first-order valence-corrected chi connectivity index (χ1v) is 9.23. The monoisotopic (exact) mass is 422 g/mol. The Bertz CT molecular complexity index is 402. The summed E-state index contributed by atoms with van der Waals surface area (Å²) in [6, 6.07) is 0. The Morgan fingerprint density at radius 3 is 2.00 bits per heavy atom. The molecule has 0 fully saturated rings. The van der Waals surface area contributed by atoms with Crippen LogP contribution in [0.1, 0.15) is 48.0 Å². The molecule has 0 aliphatic rings. The average Bonchev–Trinajstić information content (AvgIpc) is 2.45. The predicted molar refractivity (Wildman–Crippen MR) is 100 cm³/mol. The molecule has 10 heteroatoms. The second-order valence-corrected chi connectivity index (χ2v) is 6.78. The highest BCUT2D eigenvalue weighted by Crippen LogP contribution is 2.33. The molecule has 156 valence electrons. The molecule has 0 N–H and O–H groups in total. The van der Waals surface area contributed by atoms with Crippen LogP contribution in [0, 0.1) is 0 Å². The minimum absolute atomic E-state index is 0. The topological polar surface area (TPSA) is 54.0 Å². The molecule has 0 aromatic carbocycles. The summed E-state index contributed by atoms with van der Waals surface area (Å²) in [5.74, 6) is -0.996. The van der Waals surface area contributed by atoms with E-state index in [-0.39, 0.29) is 18.2 Å². The van der Waals surface area contributed by atoms with Crippen molar-refractivity contribution in [3.05, 3.63) is 0 Å². The number of carbonyl (C=O) groups is 1. The van der Waals surface area contributed by atoms with Crippen molar-refractivity contribution in [3.63, 3.8) is 0 Å². The first-order chi connectivity index (χ1) is 11.6. The van der Waals surface area contributed by atoms with Crippen LogP contribution in [0.4, 0.5) is 13.2 Å². The first-order valence-electron chi connectivity index (χ1n) is 7.94. The fourth-order valence-electron chi connectivity index (χ4n) is 1.94. The summed E-state index contributed by atoms with van der Waals surface area (Å²) in [6.45, 7) is 7.20. The van der Waals surface area contributed by atoms with E-state index in [0.717, 1.165) is 18.7 Å². The molecule has 5 nitrogen and oxygen atoms in total. The van der Waals surface area contributed by atoms with Gasteiger partial charge in [-0.1, -0.05) is 19.2 Å². The summed E-state index contributed by atoms with van der Waals surface area (Å²) >= 11 is 5.99. The Kier molecular flexibility index (Phi) is 15.4. The van der Waals surface area contributed by atoms with Gasteiger partial charge in [-0.05, 0) is 33.0 Å². The molecule has 0 heterocycles. The molecule has 0 saturated heterocycles. The Balaban J connectivity index is 0. The Hall–Kier alpha value is -0.580. The molecule has 0 aromatic heterocycles. The van der Waals surface area contributed by atoms with E-state index in [1.165, 1.54) is 0 Å². The van der Waals surface area contributed by atoms with E-state index in [4.69, 9.17) is 26.4 Å². The van der Waals surface area contributed by atoms with E-state index in [0.29, 0.717) is 19.8 Å². The van der Waals surface area contributed by atoms with Gasteiger partial charge < -0.3 is 18.9 Å². The zero-order valence-electron chi connectivity index (χ0n) is 14.8.